The zero-order valence-electron chi connectivity index (χ0n) is 22.6. The van der Waals surface area contributed by atoms with Gasteiger partial charge < -0.3 is 35.7 Å². The van der Waals surface area contributed by atoms with Crippen molar-refractivity contribution in [2.24, 2.45) is 5.92 Å². The topological polar surface area (TPSA) is 170 Å². The van der Waals surface area contributed by atoms with Crippen LogP contribution in [0.2, 0.25) is 0 Å². The molecule has 12 nitrogen and oxygen atoms in total. The number of nitrogens with zero attached hydrogens (tertiary/aromatic N) is 1. The zero-order chi connectivity index (χ0) is 29.0. The Morgan fingerprint density at radius 3 is 2.61 bits per heavy atom. The molecule has 3 fully saturated rings. The number of nitrogens with one attached hydrogen (secondary N) is 2. The van der Waals surface area contributed by atoms with Crippen molar-refractivity contribution in [3.63, 3.8) is 0 Å². The van der Waals surface area contributed by atoms with Crippen LogP contribution < -0.4 is 16.4 Å². The third-order valence-electron chi connectivity index (χ3n) is 7.73. The van der Waals surface area contributed by atoms with Gasteiger partial charge >= 0.3 is 6.09 Å². The third kappa shape index (κ3) is 7.16. The van der Waals surface area contributed by atoms with Crippen molar-refractivity contribution in [1.29, 1.82) is 0 Å². The molecule has 0 aromatic heterocycles. The van der Waals surface area contributed by atoms with Gasteiger partial charge in [0.1, 0.15) is 6.10 Å². The van der Waals surface area contributed by atoms with Gasteiger partial charge in [-0.2, -0.15) is 4.31 Å². The maximum atomic E-state index is 13.7. The van der Waals surface area contributed by atoms with Crippen molar-refractivity contribution in [2.75, 3.05) is 32.0 Å². The number of ether oxygens (including phenoxy) is 3. The number of anilines is 1. The lowest BCUT2D eigenvalue weighted by atomic mass is 10.0. The molecular weight excluding hydrogens is 552 g/mol. The molecule has 3 aliphatic rings. The van der Waals surface area contributed by atoms with Gasteiger partial charge in [0.05, 0.1) is 36.2 Å². The van der Waals surface area contributed by atoms with E-state index in [1.807, 2.05) is 30.3 Å². The summed E-state index contributed by atoms with van der Waals surface area (Å²) < 4.78 is 45.3. The van der Waals surface area contributed by atoms with Crippen LogP contribution in [0.15, 0.2) is 59.5 Å². The lowest BCUT2D eigenvalue weighted by Crippen LogP contribution is -2.53. The molecule has 3 aliphatic heterocycles. The summed E-state index contributed by atoms with van der Waals surface area (Å²) in [4.78, 5) is 24.9. The molecule has 0 spiro atoms. The van der Waals surface area contributed by atoms with Gasteiger partial charge in [-0.1, -0.05) is 30.3 Å². The number of nitrogen functional groups attached to an aromatic ring is 1. The molecule has 0 saturated carbocycles. The highest BCUT2D eigenvalue weighted by molar-refractivity contribution is 7.89. The fourth-order valence-electron chi connectivity index (χ4n) is 5.48. The summed E-state index contributed by atoms with van der Waals surface area (Å²) in [5, 5.41) is 17.0. The quantitative estimate of drug-likeness (QED) is 0.280. The SMILES string of the molecule is Nc1ccc(S(=O)(=O)N(CC2CCC(=O)N2)C[C@@H](O)[C@H](Cc2ccccc2)NC(=O)OC2CO[C@H]3OCC[C@@H]23)cc1. The number of sulfonamides is 1. The van der Waals surface area contributed by atoms with E-state index in [1.165, 1.54) is 24.3 Å². The minimum Gasteiger partial charge on any atom is -0.443 e. The van der Waals surface area contributed by atoms with Crippen LogP contribution in [-0.4, -0.2) is 86.7 Å². The number of rotatable bonds is 11. The molecule has 5 N–H and O–H groups in total. The molecule has 0 radical (unpaired) electrons. The van der Waals surface area contributed by atoms with E-state index in [0.717, 1.165) is 9.87 Å². The minimum absolute atomic E-state index is 0.00442. The van der Waals surface area contributed by atoms with Gasteiger partial charge in [0.2, 0.25) is 15.9 Å². The molecule has 6 atom stereocenters. The van der Waals surface area contributed by atoms with E-state index >= 15 is 0 Å². The number of carbonyl (C=O) groups is 2. The Labute approximate surface area is 239 Å². The Bertz CT molecular complexity index is 1310. The van der Waals surface area contributed by atoms with Crippen molar-refractivity contribution in [3.05, 3.63) is 60.2 Å². The van der Waals surface area contributed by atoms with Crippen molar-refractivity contribution in [1.82, 2.24) is 14.9 Å². The Balaban J connectivity index is 1.34. The highest BCUT2D eigenvalue weighted by atomic mass is 32.2. The van der Waals surface area contributed by atoms with E-state index < -0.39 is 40.4 Å². The van der Waals surface area contributed by atoms with Crippen LogP contribution >= 0.6 is 0 Å². The van der Waals surface area contributed by atoms with Crippen LogP contribution in [-0.2, 0) is 35.4 Å². The predicted octanol–water partition coefficient (Wildman–Crippen LogP) is 0.998. The van der Waals surface area contributed by atoms with Crippen LogP contribution in [0, 0.1) is 5.92 Å². The van der Waals surface area contributed by atoms with E-state index in [9.17, 15) is 23.1 Å². The number of hydrogen-bond donors (Lipinski definition) is 4. The molecular formula is C28H36N4O8S. The number of aliphatic hydroxyl groups is 1. The average molecular weight is 589 g/mol. The number of nitrogens with two attached hydrogens (primary N) is 1. The Morgan fingerprint density at radius 1 is 1.15 bits per heavy atom. The average Bonchev–Trinajstić information content (AvgIpc) is 3.68. The van der Waals surface area contributed by atoms with Crippen molar-refractivity contribution in [2.45, 2.75) is 61.2 Å². The molecule has 222 valence electrons. The monoisotopic (exact) mass is 588 g/mol. The summed E-state index contributed by atoms with van der Waals surface area (Å²) in [6, 6.07) is 13.7. The number of hydrogen-bond acceptors (Lipinski definition) is 9. The van der Waals surface area contributed by atoms with Gasteiger partial charge in [0.25, 0.3) is 0 Å². The zero-order valence-corrected chi connectivity index (χ0v) is 23.4. The lowest BCUT2D eigenvalue weighted by Gasteiger charge is -2.31. The van der Waals surface area contributed by atoms with Crippen LogP contribution in [0.5, 0.6) is 0 Å². The van der Waals surface area contributed by atoms with Crippen molar-refractivity contribution >= 4 is 27.7 Å². The number of amides is 2. The second-order valence-corrected chi connectivity index (χ2v) is 12.6. The van der Waals surface area contributed by atoms with Crippen LogP contribution in [0.3, 0.4) is 0 Å². The van der Waals surface area contributed by atoms with Gasteiger partial charge in [-0.25, -0.2) is 13.2 Å². The lowest BCUT2D eigenvalue weighted by molar-refractivity contribution is -0.119. The Morgan fingerprint density at radius 2 is 1.90 bits per heavy atom. The largest absolute Gasteiger partial charge is 0.443 e. The fraction of sp³-hybridized carbons (Fsp3) is 0.500. The normalized spacial score (nSPS) is 25.5. The molecule has 3 saturated heterocycles. The second-order valence-electron chi connectivity index (χ2n) is 10.7. The minimum atomic E-state index is -4.09. The third-order valence-corrected chi connectivity index (χ3v) is 9.57. The maximum absolute atomic E-state index is 13.7. The summed E-state index contributed by atoms with van der Waals surface area (Å²) in [5.41, 5.74) is 7.00. The first kappa shape index (κ1) is 29.3. The first-order chi connectivity index (χ1) is 19.7. The predicted molar refractivity (Wildman–Crippen MR) is 148 cm³/mol. The number of aliphatic hydroxyl groups excluding tert-OH is 1. The van der Waals surface area contributed by atoms with Gasteiger partial charge in [-0.3, -0.25) is 4.79 Å². The van der Waals surface area contributed by atoms with Crippen LogP contribution in [0.1, 0.15) is 24.8 Å². The molecule has 5 rings (SSSR count). The summed E-state index contributed by atoms with van der Waals surface area (Å²) in [7, 11) is -4.09. The molecule has 2 aromatic rings. The van der Waals surface area contributed by atoms with Gasteiger partial charge in [0, 0.05) is 31.2 Å². The molecule has 2 amide bonds. The molecule has 3 heterocycles. The number of carbonyl (C=O) groups excluding carboxylic acids is 2. The molecule has 2 aromatic carbocycles. The van der Waals surface area contributed by atoms with E-state index in [0.29, 0.717) is 31.6 Å². The van der Waals surface area contributed by atoms with Crippen LogP contribution in [0.4, 0.5) is 10.5 Å². The van der Waals surface area contributed by atoms with E-state index in [1.54, 1.807) is 0 Å². The molecule has 41 heavy (non-hydrogen) atoms. The molecule has 0 aliphatic carbocycles. The van der Waals surface area contributed by atoms with Crippen LogP contribution in [0.25, 0.3) is 0 Å². The fourth-order valence-corrected chi connectivity index (χ4v) is 6.98. The Hall–Kier alpha value is -3.23. The highest BCUT2D eigenvalue weighted by Crippen LogP contribution is 2.33. The smallest absolute Gasteiger partial charge is 0.407 e. The molecule has 0 bridgehead atoms. The summed E-state index contributed by atoms with van der Waals surface area (Å²) in [5.74, 6) is -0.210. The van der Waals surface area contributed by atoms with Crippen molar-refractivity contribution < 1.29 is 37.3 Å². The summed E-state index contributed by atoms with van der Waals surface area (Å²) in [6.07, 6.45) is -1.21. The van der Waals surface area contributed by atoms with Gasteiger partial charge in [0.15, 0.2) is 6.29 Å². The summed E-state index contributed by atoms with van der Waals surface area (Å²) >= 11 is 0. The van der Waals surface area contributed by atoms with E-state index in [2.05, 4.69) is 10.6 Å². The van der Waals surface area contributed by atoms with Gasteiger partial charge in [-0.15, -0.1) is 0 Å². The first-order valence-electron chi connectivity index (χ1n) is 13.8. The number of alkyl carbamates (subject to hydrolysis) is 1. The second kappa shape index (κ2) is 12.7. The highest BCUT2D eigenvalue weighted by Gasteiger charge is 2.44. The van der Waals surface area contributed by atoms with E-state index in [4.69, 9.17) is 19.9 Å². The Kier molecular flexibility index (Phi) is 9.09. The molecule has 13 heteroatoms. The van der Waals surface area contributed by atoms with E-state index in [-0.39, 0.29) is 49.1 Å². The summed E-state index contributed by atoms with van der Waals surface area (Å²) in [6.45, 7) is 0.379. The van der Waals surface area contributed by atoms with Crippen molar-refractivity contribution in [3.8, 4) is 0 Å². The number of fused-ring (bicyclic) bond motifs is 1. The number of benzene rings is 2. The standard InChI is InChI=1S/C28H36N4O8S/c29-19-6-9-21(10-7-19)41(36,37)32(15-20-8-11-26(34)30-20)16-24(33)23(14-18-4-2-1-3-5-18)31-28(35)40-25-17-39-27-22(25)12-13-38-27/h1-7,9-10,20,22-25,27,33H,8,11-17,29H2,(H,30,34)(H,31,35)/t20?,22-,23-,24+,25?,27+/m0/s1. The first-order valence-corrected chi connectivity index (χ1v) is 15.2. The maximum Gasteiger partial charge on any atom is 0.407 e. The molecule has 2 unspecified atom stereocenters. The van der Waals surface area contributed by atoms with Gasteiger partial charge in [-0.05, 0) is 49.1 Å².